The molecule has 21 heteroatoms. The first kappa shape index (κ1) is 55.8. The summed E-state index contributed by atoms with van der Waals surface area (Å²) in [5.74, 6) is -2.33. The Balaban J connectivity index is 0.860. The predicted molar refractivity (Wildman–Crippen MR) is 287 cm³/mol. The molecule has 10 amide bonds. The summed E-state index contributed by atoms with van der Waals surface area (Å²) < 4.78 is 6.86. The minimum Gasteiger partial charge on any atom is -0.445 e. The zero-order valence-electron chi connectivity index (χ0n) is 43.3. The number of hydrogen-bond acceptors (Lipinski definition) is 12. The van der Waals surface area contributed by atoms with Crippen LogP contribution in [0.5, 0.6) is 0 Å². The Morgan fingerprint density at radius 2 is 1.66 bits per heavy atom. The van der Waals surface area contributed by atoms with Crippen molar-refractivity contribution in [1.29, 1.82) is 0 Å². The van der Waals surface area contributed by atoms with Crippen LogP contribution >= 0.6 is 11.3 Å². The second-order valence-corrected chi connectivity index (χ2v) is 21.0. The molecule has 4 aromatic rings. The number of aryl methyl sites for hydroxylation is 1. The Hall–Kier alpha value is -7.94. The monoisotopic (exact) mass is 1060 g/mol. The van der Waals surface area contributed by atoms with Gasteiger partial charge >= 0.3 is 12.1 Å². The number of carbonyl (C=O) groups excluding carboxylic acids is 9. The van der Waals surface area contributed by atoms with Gasteiger partial charge in [0.05, 0.1) is 12.0 Å². The number of nitrogens with zero attached hydrogens (tertiary/aromatic N) is 4. The van der Waals surface area contributed by atoms with Crippen LogP contribution in [0, 0.1) is 18.3 Å². The summed E-state index contributed by atoms with van der Waals surface area (Å²) in [7, 11) is 1.78. The fourth-order valence-corrected chi connectivity index (χ4v) is 10.7. The van der Waals surface area contributed by atoms with E-state index in [9.17, 15) is 43.2 Å². The highest BCUT2D eigenvalue weighted by atomic mass is 32.1. The van der Waals surface area contributed by atoms with Crippen LogP contribution in [0.2, 0.25) is 0 Å². The molecule has 2 aromatic heterocycles. The van der Waals surface area contributed by atoms with Crippen molar-refractivity contribution >= 4 is 92.5 Å². The molecule has 1 spiro atoms. The van der Waals surface area contributed by atoms with Gasteiger partial charge in [-0.3, -0.25) is 38.5 Å². The van der Waals surface area contributed by atoms with E-state index in [1.54, 1.807) is 78.6 Å². The van der Waals surface area contributed by atoms with Crippen molar-refractivity contribution in [1.82, 2.24) is 35.6 Å². The molecular formula is C55H66N10O10S. The minimum atomic E-state index is -1.06. The average molecular weight is 1060 g/mol. The van der Waals surface area contributed by atoms with Gasteiger partial charge in [-0.2, -0.15) is 0 Å². The number of aromatic nitrogens is 1. The maximum atomic E-state index is 13.7. The van der Waals surface area contributed by atoms with Crippen molar-refractivity contribution in [2.24, 2.45) is 17.1 Å². The number of urea groups is 1. The molecule has 0 bridgehead atoms. The lowest BCUT2D eigenvalue weighted by molar-refractivity contribution is -0.137. The number of imide groups is 1. The number of rotatable bonds is 22. The van der Waals surface area contributed by atoms with Crippen molar-refractivity contribution in [2.45, 2.75) is 104 Å². The van der Waals surface area contributed by atoms with Crippen molar-refractivity contribution in [3.05, 3.63) is 106 Å². The lowest BCUT2D eigenvalue weighted by Crippen LogP contribution is -2.54. The van der Waals surface area contributed by atoms with Gasteiger partial charge in [0.25, 0.3) is 11.8 Å². The smallest absolute Gasteiger partial charge is 0.410 e. The summed E-state index contributed by atoms with van der Waals surface area (Å²) in [5.41, 5.74) is 8.28. The van der Waals surface area contributed by atoms with E-state index >= 15 is 0 Å². The van der Waals surface area contributed by atoms with Crippen LogP contribution in [0.4, 0.5) is 21.1 Å². The van der Waals surface area contributed by atoms with E-state index in [-0.39, 0.29) is 68.0 Å². The van der Waals surface area contributed by atoms with E-state index in [0.29, 0.717) is 81.6 Å². The Kier molecular flexibility index (Phi) is 18.7. The van der Waals surface area contributed by atoms with Crippen LogP contribution in [-0.4, -0.2) is 118 Å². The van der Waals surface area contributed by atoms with Crippen LogP contribution in [0.3, 0.4) is 0 Å². The van der Waals surface area contributed by atoms with Gasteiger partial charge in [0.15, 0.2) is 0 Å². The number of piperidine rings is 1. The molecule has 3 aliphatic heterocycles. The van der Waals surface area contributed by atoms with Gasteiger partial charge in [-0.05, 0) is 116 Å². The summed E-state index contributed by atoms with van der Waals surface area (Å²) in [6, 6.07) is 14.0. The summed E-state index contributed by atoms with van der Waals surface area (Å²) >= 11 is 1.69. The summed E-state index contributed by atoms with van der Waals surface area (Å²) in [5, 5.41) is 15.0. The average Bonchev–Trinajstić information content (AvgIpc) is 3.91. The molecule has 76 heavy (non-hydrogen) atoms. The number of benzene rings is 2. The second-order valence-electron chi connectivity index (χ2n) is 19.8. The molecule has 5 heterocycles. The Labute approximate surface area is 445 Å². The van der Waals surface area contributed by atoms with Crippen LogP contribution in [0.25, 0.3) is 16.2 Å². The van der Waals surface area contributed by atoms with Gasteiger partial charge in [-0.15, -0.1) is 11.3 Å². The molecule has 0 saturated carbocycles. The number of nitrogens with one attached hydrogen (secondary N) is 5. The normalized spacial score (nSPS) is 15.6. The van der Waals surface area contributed by atoms with Crippen LogP contribution < -0.4 is 32.3 Å². The highest BCUT2D eigenvalue weighted by molar-refractivity contribution is 7.19. The molecule has 0 radical (unpaired) electrons. The molecule has 20 nitrogen and oxygen atoms in total. The van der Waals surface area contributed by atoms with E-state index in [4.69, 9.17) is 10.5 Å². The van der Waals surface area contributed by atoms with Crippen molar-refractivity contribution in [2.75, 3.05) is 43.9 Å². The molecule has 7 rings (SSSR count). The van der Waals surface area contributed by atoms with Gasteiger partial charge in [-0.1, -0.05) is 50.6 Å². The Morgan fingerprint density at radius 1 is 0.934 bits per heavy atom. The lowest BCUT2D eigenvalue weighted by Gasteiger charge is -2.42. The third kappa shape index (κ3) is 14.5. The van der Waals surface area contributed by atoms with E-state index in [1.165, 1.54) is 33.9 Å². The molecular weight excluding hydrogens is 993 g/mol. The van der Waals surface area contributed by atoms with Crippen molar-refractivity contribution < 1.29 is 47.9 Å². The SMILES string of the molecule is Cc1c(CN(C)C(=O)/C=C/c2cnc3c(c2)CC2(CCN(C(=O)OCc4ccc(NC(=O)[C@H](CCCNC(N)=O)NC(=O)[C@@H](NC(=O)CCCCCN5C(=O)C=CC5=O)C(C)C)cc4)CC2)C(=O)N3)sc2ccccc12. The predicted octanol–water partition coefficient (Wildman–Crippen LogP) is 5.69. The zero-order chi connectivity index (χ0) is 54.5. The number of nitrogens with two attached hydrogens (primary N) is 1. The van der Waals surface area contributed by atoms with Crippen molar-refractivity contribution in [3.8, 4) is 0 Å². The van der Waals surface area contributed by atoms with E-state index in [2.05, 4.69) is 50.6 Å². The lowest BCUT2D eigenvalue weighted by atomic mass is 9.71. The summed E-state index contributed by atoms with van der Waals surface area (Å²) in [4.78, 5) is 125. The molecule has 402 valence electrons. The molecule has 2 atom stereocenters. The van der Waals surface area contributed by atoms with E-state index in [0.717, 1.165) is 20.9 Å². The minimum absolute atomic E-state index is 0.0558. The number of thiophene rings is 1. The molecule has 2 aromatic carbocycles. The summed E-state index contributed by atoms with van der Waals surface area (Å²) in [6.45, 7) is 7.05. The number of pyridine rings is 1. The third-order valence-corrected chi connectivity index (χ3v) is 15.2. The first-order chi connectivity index (χ1) is 36.4. The number of likely N-dealkylation sites (tertiary alicyclic amines) is 1. The Morgan fingerprint density at radius 3 is 2.36 bits per heavy atom. The largest absolute Gasteiger partial charge is 0.445 e. The van der Waals surface area contributed by atoms with Crippen LogP contribution in [0.15, 0.2) is 79.0 Å². The second kappa shape index (κ2) is 25.5. The molecule has 1 fully saturated rings. The van der Waals surface area contributed by atoms with Crippen LogP contribution in [0.1, 0.15) is 92.3 Å². The number of unbranched alkanes of at least 4 members (excludes halogenated alkanes) is 2. The van der Waals surface area contributed by atoms with Crippen molar-refractivity contribution in [3.63, 3.8) is 0 Å². The maximum absolute atomic E-state index is 13.7. The topological polar surface area (TPSA) is 272 Å². The zero-order valence-corrected chi connectivity index (χ0v) is 44.1. The summed E-state index contributed by atoms with van der Waals surface area (Å²) in [6.07, 6.45) is 10.2. The third-order valence-electron chi connectivity index (χ3n) is 14.0. The van der Waals surface area contributed by atoms with Gasteiger partial charge in [-0.25, -0.2) is 14.6 Å². The fraction of sp³-hybridized carbons (Fsp3) is 0.418. The molecule has 0 unspecified atom stereocenters. The first-order valence-electron chi connectivity index (χ1n) is 25.6. The fourth-order valence-electron chi connectivity index (χ4n) is 9.40. The standard InChI is InChI=1S/C55H66N10O10S/c1-34(2)48(61-44(66)14-6-5-9-26-65-46(68)21-22-47(65)69)51(71)60-41(12-10-25-57-53(56)73)50(70)59-39-18-15-36(16-19-39)33-75-54(74)64-27-23-55(24-28-64)30-38-29-37(31-58-49(38)62-52(55)72)17-20-45(67)63(4)32-43-35(3)40-11-7-8-13-42(40)76-43/h7-8,11,13,15-22,29,31,34,41,48H,5-6,9-10,12,14,23-28,30,32-33H2,1-4H3,(H,59,70)(H,60,71)(H,61,66)(H3,56,57,73)(H,58,62,72)/b20-17+/t41-,48-/m0/s1. The van der Waals surface area contributed by atoms with Crippen LogP contribution in [-0.2, 0) is 57.9 Å². The number of fused-ring (bicyclic) bond motifs is 2. The molecule has 0 aliphatic carbocycles. The van der Waals surface area contributed by atoms with E-state index in [1.807, 2.05) is 18.2 Å². The molecule has 3 aliphatic rings. The number of likely N-dealkylation sites (N-methyl/N-ethyl adjacent to an activating group) is 1. The van der Waals surface area contributed by atoms with Gasteiger partial charge in [0.1, 0.15) is 24.5 Å². The number of carbonyl (C=O) groups is 9. The number of anilines is 2. The van der Waals surface area contributed by atoms with E-state index < -0.39 is 41.4 Å². The first-order valence-corrected chi connectivity index (χ1v) is 26.4. The van der Waals surface area contributed by atoms with Gasteiger partial charge < -0.3 is 46.9 Å². The number of amides is 10. The molecule has 1 saturated heterocycles. The quantitative estimate of drug-likeness (QED) is 0.0316. The Bertz CT molecular complexity index is 2890. The number of ether oxygens (including phenoxy) is 1. The van der Waals surface area contributed by atoms with Gasteiger partial charge in [0.2, 0.25) is 29.5 Å². The maximum Gasteiger partial charge on any atom is 0.410 e. The highest BCUT2D eigenvalue weighted by Crippen LogP contribution is 2.41. The van der Waals surface area contributed by atoms with Gasteiger partial charge in [0, 0.05) is 79.3 Å². The molecule has 7 N–H and O–H groups in total. The number of hydrogen-bond donors (Lipinski definition) is 6. The highest BCUT2D eigenvalue weighted by Gasteiger charge is 2.46. The number of primary amides is 1.